The monoisotopic (exact) mass is 405 g/mol. The molecule has 3 fully saturated rings. The van der Waals surface area contributed by atoms with Gasteiger partial charge in [0.25, 0.3) is 0 Å². The van der Waals surface area contributed by atoms with Gasteiger partial charge in [0, 0.05) is 29.4 Å². The second kappa shape index (κ2) is 6.74. The lowest BCUT2D eigenvalue weighted by molar-refractivity contribution is -0.167. The van der Waals surface area contributed by atoms with Crippen LogP contribution in [0.4, 0.5) is 0 Å². The molecule has 2 aromatic rings. The summed E-state index contributed by atoms with van der Waals surface area (Å²) >= 11 is 7.67. The van der Waals surface area contributed by atoms with Crippen LogP contribution < -0.4 is 5.73 Å². The molecule has 2 atom stereocenters. The first kappa shape index (κ1) is 18.7. The lowest BCUT2D eigenvalue weighted by Crippen LogP contribution is -2.67. The van der Waals surface area contributed by atoms with Crippen LogP contribution in [0.1, 0.15) is 56.9 Å². The molecule has 7 heteroatoms. The third kappa shape index (κ3) is 3.13. The van der Waals surface area contributed by atoms with Crippen LogP contribution in [0.15, 0.2) is 18.2 Å². The van der Waals surface area contributed by atoms with E-state index in [0.29, 0.717) is 17.9 Å². The van der Waals surface area contributed by atoms with Crippen LogP contribution in [0.3, 0.4) is 0 Å². The number of nitrogens with zero attached hydrogens (tertiary/aromatic N) is 2. The molecular weight excluding hydrogens is 382 g/mol. The number of thiazole rings is 1. The zero-order chi connectivity index (χ0) is 19.3. The summed E-state index contributed by atoms with van der Waals surface area (Å²) in [5.74, 6) is 0.00861. The number of hydrogen-bond acceptors (Lipinski definition) is 4. The molecule has 2 aliphatic heterocycles. The summed E-state index contributed by atoms with van der Waals surface area (Å²) in [6.07, 6.45) is 3.43. The summed E-state index contributed by atoms with van der Waals surface area (Å²) in [6.45, 7) is 4.13. The highest BCUT2D eigenvalue weighted by Crippen LogP contribution is 2.53. The molecule has 1 saturated carbocycles. The smallest absolute Gasteiger partial charge is 0.223 e. The highest BCUT2D eigenvalue weighted by Gasteiger charge is 2.58. The van der Waals surface area contributed by atoms with Gasteiger partial charge in [-0.15, -0.1) is 11.3 Å². The zero-order valence-electron chi connectivity index (χ0n) is 15.6. The first-order valence-corrected chi connectivity index (χ1v) is 10.7. The number of carbonyl (C=O) groups excluding carboxylic acids is 2. The van der Waals surface area contributed by atoms with E-state index < -0.39 is 0 Å². The molecule has 1 aliphatic carbocycles. The average molecular weight is 406 g/mol. The van der Waals surface area contributed by atoms with Crippen molar-refractivity contribution in [2.75, 3.05) is 0 Å². The number of halogens is 1. The molecule has 1 aromatic heterocycles. The SMILES string of the molecule is CCC1CC2(C(N)=O)CC(C2)N1C(=O)CC(C)c1nc2ccc(Cl)cc2s1. The Morgan fingerprint density at radius 1 is 1.41 bits per heavy atom. The number of rotatable bonds is 5. The predicted molar refractivity (Wildman–Crippen MR) is 108 cm³/mol. The second-order valence-electron chi connectivity index (χ2n) is 8.04. The third-order valence-electron chi connectivity index (χ3n) is 6.22. The van der Waals surface area contributed by atoms with Crippen molar-refractivity contribution in [3.8, 4) is 0 Å². The minimum absolute atomic E-state index is 0.0501. The highest BCUT2D eigenvalue weighted by atomic mass is 35.5. The van der Waals surface area contributed by atoms with Crippen molar-refractivity contribution < 1.29 is 9.59 Å². The van der Waals surface area contributed by atoms with Crippen LogP contribution >= 0.6 is 22.9 Å². The molecule has 144 valence electrons. The first-order valence-electron chi connectivity index (χ1n) is 9.50. The second-order valence-corrected chi connectivity index (χ2v) is 9.54. The van der Waals surface area contributed by atoms with Gasteiger partial charge < -0.3 is 10.6 Å². The average Bonchev–Trinajstić information content (AvgIpc) is 3.03. The number of carbonyl (C=O) groups is 2. The molecule has 5 rings (SSSR count). The minimum Gasteiger partial charge on any atom is -0.369 e. The van der Waals surface area contributed by atoms with Gasteiger partial charge in [0.05, 0.1) is 20.6 Å². The standard InChI is InChI=1S/C20H24ClN3O2S/c1-3-13-8-20(19(22)26)9-14(10-20)24(13)17(25)6-11(2)18-23-15-5-4-12(21)7-16(15)27-18/h4-5,7,11,13-14H,3,6,8-10H2,1-2H3,(H2,22,26). The van der Waals surface area contributed by atoms with Crippen LogP contribution in [0.5, 0.6) is 0 Å². The van der Waals surface area contributed by atoms with Gasteiger partial charge in [-0.2, -0.15) is 0 Å². The fourth-order valence-corrected chi connectivity index (χ4v) is 5.98. The fourth-order valence-electron chi connectivity index (χ4n) is 4.68. The molecule has 2 bridgehead atoms. The molecule has 2 unspecified atom stereocenters. The van der Waals surface area contributed by atoms with Crippen LogP contribution in [0, 0.1) is 5.41 Å². The van der Waals surface area contributed by atoms with Crippen LogP contribution in [0.2, 0.25) is 5.02 Å². The Hall–Kier alpha value is -1.66. The highest BCUT2D eigenvalue weighted by molar-refractivity contribution is 7.18. The van der Waals surface area contributed by atoms with E-state index in [2.05, 4.69) is 18.8 Å². The summed E-state index contributed by atoms with van der Waals surface area (Å²) in [7, 11) is 0. The van der Waals surface area contributed by atoms with Gasteiger partial charge in [-0.25, -0.2) is 4.98 Å². The Labute approximate surface area is 167 Å². The number of nitrogens with two attached hydrogens (primary N) is 1. The molecule has 3 heterocycles. The van der Waals surface area contributed by atoms with Gasteiger partial charge in [0.2, 0.25) is 11.8 Å². The number of hydrogen-bond donors (Lipinski definition) is 1. The molecule has 1 aromatic carbocycles. The largest absolute Gasteiger partial charge is 0.369 e. The van der Waals surface area contributed by atoms with Crippen molar-refractivity contribution in [3.63, 3.8) is 0 Å². The van der Waals surface area contributed by atoms with E-state index in [9.17, 15) is 9.59 Å². The molecule has 0 spiro atoms. The normalized spacial score (nSPS) is 28.0. The maximum atomic E-state index is 13.1. The van der Waals surface area contributed by atoms with Crippen LogP contribution in [-0.2, 0) is 9.59 Å². The molecule has 0 radical (unpaired) electrons. The minimum atomic E-state index is -0.375. The van der Waals surface area contributed by atoms with E-state index in [0.717, 1.165) is 34.5 Å². The van der Waals surface area contributed by atoms with E-state index in [1.807, 2.05) is 23.1 Å². The third-order valence-corrected chi connectivity index (χ3v) is 7.70. The lowest BCUT2D eigenvalue weighted by atomic mass is 9.57. The van der Waals surface area contributed by atoms with Gasteiger partial charge in [-0.3, -0.25) is 9.59 Å². The maximum Gasteiger partial charge on any atom is 0.223 e. The molecular formula is C20H24ClN3O2S. The van der Waals surface area contributed by atoms with E-state index in [4.69, 9.17) is 17.3 Å². The summed E-state index contributed by atoms with van der Waals surface area (Å²) in [6, 6.07) is 5.94. The number of amides is 2. The quantitative estimate of drug-likeness (QED) is 0.813. The van der Waals surface area contributed by atoms with E-state index in [1.54, 1.807) is 11.3 Å². The molecule has 27 heavy (non-hydrogen) atoms. The Balaban J connectivity index is 1.48. The summed E-state index contributed by atoms with van der Waals surface area (Å²) < 4.78 is 1.05. The maximum absolute atomic E-state index is 13.1. The van der Waals surface area contributed by atoms with Crippen molar-refractivity contribution in [3.05, 3.63) is 28.2 Å². The molecule has 3 aliphatic rings. The van der Waals surface area contributed by atoms with Gasteiger partial charge in [0.1, 0.15) is 0 Å². The van der Waals surface area contributed by atoms with Crippen molar-refractivity contribution >= 4 is 45.0 Å². The van der Waals surface area contributed by atoms with Crippen molar-refractivity contribution in [1.29, 1.82) is 0 Å². The number of primary amides is 1. The Morgan fingerprint density at radius 3 is 2.81 bits per heavy atom. The van der Waals surface area contributed by atoms with E-state index >= 15 is 0 Å². The fraction of sp³-hybridized carbons (Fsp3) is 0.550. The van der Waals surface area contributed by atoms with Gasteiger partial charge in [0.15, 0.2) is 0 Å². The van der Waals surface area contributed by atoms with Crippen molar-refractivity contribution in [1.82, 2.24) is 9.88 Å². The Morgan fingerprint density at radius 2 is 2.15 bits per heavy atom. The van der Waals surface area contributed by atoms with E-state index in [1.165, 1.54) is 0 Å². The molecule has 2 saturated heterocycles. The topological polar surface area (TPSA) is 76.3 Å². The van der Waals surface area contributed by atoms with E-state index in [-0.39, 0.29) is 35.2 Å². The summed E-state index contributed by atoms with van der Waals surface area (Å²) in [4.78, 5) is 31.6. The Kier molecular flexibility index (Phi) is 4.67. The number of fused-ring (bicyclic) bond motifs is 3. The van der Waals surface area contributed by atoms with Crippen LogP contribution in [0.25, 0.3) is 10.2 Å². The first-order chi connectivity index (χ1) is 12.8. The number of piperidine rings is 2. The number of benzene rings is 1. The van der Waals surface area contributed by atoms with Crippen molar-refractivity contribution in [2.24, 2.45) is 11.1 Å². The van der Waals surface area contributed by atoms with Gasteiger partial charge in [-0.05, 0) is 43.9 Å². The summed E-state index contributed by atoms with van der Waals surface area (Å²) in [5, 5.41) is 1.66. The van der Waals surface area contributed by atoms with Gasteiger partial charge >= 0.3 is 0 Å². The predicted octanol–water partition coefficient (Wildman–Crippen LogP) is 4.09. The lowest BCUT2D eigenvalue weighted by Gasteiger charge is -2.59. The molecule has 2 amide bonds. The summed E-state index contributed by atoms with van der Waals surface area (Å²) in [5.41, 5.74) is 6.17. The van der Waals surface area contributed by atoms with Gasteiger partial charge in [-0.1, -0.05) is 25.4 Å². The molecule has 5 nitrogen and oxygen atoms in total. The van der Waals surface area contributed by atoms with Crippen molar-refractivity contribution in [2.45, 2.75) is 64.0 Å². The number of aromatic nitrogens is 1. The zero-order valence-corrected chi connectivity index (χ0v) is 17.1. The Bertz CT molecular complexity index is 906. The van der Waals surface area contributed by atoms with Crippen LogP contribution in [-0.4, -0.2) is 33.8 Å². The molecule has 2 N–H and O–H groups in total.